The van der Waals surface area contributed by atoms with E-state index in [4.69, 9.17) is 4.55 Å². The zero-order chi connectivity index (χ0) is 9.03. The van der Waals surface area contributed by atoms with Crippen molar-refractivity contribution in [1.82, 2.24) is 0 Å². The van der Waals surface area contributed by atoms with Crippen LogP contribution < -0.4 is 0 Å². The Kier molecular flexibility index (Phi) is 6.54. The minimum atomic E-state index is -4.00. The Morgan fingerprint density at radius 1 is 1.15 bits per heavy atom. The molecule has 1 rings (SSSR count). The Bertz CT molecular complexity index is 370. The average Bonchev–Trinajstić information content (AvgIpc) is 2.02. The molecule has 0 aliphatic heterocycles. The summed E-state index contributed by atoms with van der Waals surface area (Å²) in [6.45, 7) is 0. The van der Waals surface area contributed by atoms with E-state index in [0.717, 1.165) is 11.0 Å². The summed E-state index contributed by atoms with van der Waals surface area (Å²) in [6, 6.07) is 8.86. The third-order valence-electron chi connectivity index (χ3n) is 1.23. The van der Waals surface area contributed by atoms with Gasteiger partial charge in [-0.3, -0.25) is 4.55 Å². The molecule has 0 spiro atoms. The van der Waals surface area contributed by atoms with Crippen molar-refractivity contribution < 1.29 is 13.0 Å². The van der Waals surface area contributed by atoms with Crippen LogP contribution in [-0.4, -0.2) is 71.2 Å². The number of benzene rings is 1. The maximum atomic E-state index is 10.3. The normalized spacial score (nSPS) is 11.2. The minimum absolute atomic E-state index is 0. The molecule has 0 aromatic heterocycles. The fraction of sp³-hybridized carbons (Fsp3) is 0. The first-order chi connectivity index (χ1) is 5.58. The van der Waals surface area contributed by atoms with Crippen molar-refractivity contribution >= 4 is 74.4 Å². The van der Waals surface area contributed by atoms with Gasteiger partial charge in [-0.15, -0.1) is 0 Å². The van der Waals surface area contributed by atoms with Crippen LogP contribution in [0.4, 0.5) is 0 Å². The van der Waals surface area contributed by atoms with Crippen LogP contribution in [0, 0.1) is 0 Å². The van der Waals surface area contributed by atoms with Gasteiger partial charge >= 0.3 is 58.2 Å². The second-order valence-electron chi connectivity index (χ2n) is 2.23. The van der Waals surface area contributed by atoms with E-state index < -0.39 is 10.1 Å². The molecule has 5 heteroatoms. The molecule has 0 radical (unpaired) electrons. The molecule has 1 aromatic carbocycles. The summed E-state index contributed by atoms with van der Waals surface area (Å²) in [4.78, 5) is 0. The van der Waals surface area contributed by atoms with E-state index in [1.807, 2.05) is 6.07 Å². The summed E-state index contributed by atoms with van der Waals surface area (Å²) in [6.07, 6.45) is 1.33. The number of hydrogen-bond donors (Lipinski definition) is 1. The van der Waals surface area contributed by atoms with E-state index in [-0.39, 0.29) is 58.2 Å². The van der Waals surface area contributed by atoms with Crippen LogP contribution in [0.5, 0.6) is 0 Å². The van der Waals surface area contributed by atoms with Crippen LogP contribution >= 0.6 is 0 Å². The Balaban J connectivity index is 0.00000144. The molecule has 0 unspecified atom stereocenters. The Hall–Kier alpha value is 0.675. The molecule has 66 valence electrons. The van der Waals surface area contributed by atoms with Crippen molar-refractivity contribution in [1.29, 1.82) is 0 Å². The average molecular weight is 271 g/mol. The van der Waals surface area contributed by atoms with Gasteiger partial charge in [-0.25, -0.2) is 0 Å². The van der Waals surface area contributed by atoms with Crippen LogP contribution in [-0.2, 0) is 10.1 Å². The first-order valence-corrected chi connectivity index (χ1v) is 4.79. The molecule has 0 atom stereocenters. The maximum absolute atomic E-state index is 10.3. The van der Waals surface area contributed by atoms with E-state index in [2.05, 4.69) is 0 Å². The van der Waals surface area contributed by atoms with Crippen LogP contribution in [0.15, 0.2) is 35.7 Å². The summed E-state index contributed by atoms with van der Waals surface area (Å²) in [5, 5.41) is 0.752. The van der Waals surface area contributed by atoms with Gasteiger partial charge in [0.1, 0.15) is 0 Å². The Labute approximate surface area is 126 Å². The summed E-state index contributed by atoms with van der Waals surface area (Å²) >= 11 is 0. The van der Waals surface area contributed by atoms with Gasteiger partial charge in [-0.05, 0) is 11.6 Å². The molecular weight excluding hydrogens is 262 g/mol. The van der Waals surface area contributed by atoms with E-state index in [1.54, 1.807) is 24.3 Å². The van der Waals surface area contributed by atoms with Gasteiger partial charge < -0.3 is 0 Å². The second-order valence-corrected chi connectivity index (χ2v) is 3.53. The molecular formula is C8H9O3RbS. The molecule has 0 aliphatic rings. The SMILES string of the molecule is O=S(=O)(O)C=Cc1ccccc1.[RbH]. The van der Waals surface area contributed by atoms with Crippen molar-refractivity contribution in [3.8, 4) is 0 Å². The summed E-state index contributed by atoms with van der Waals surface area (Å²) in [7, 11) is -4.00. The van der Waals surface area contributed by atoms with Crippen LogP contribution in [0.3, 0.4) is 0 Å². The van der Waals surface area contributed by atoms with Crippen molar-refractivity contribution in [2.24, 2.45) is 0 Å². The molecule has 3 nitrogen and oxygen atoms in total. The van der Waals surface area contributed by atoms with E-state index in [9.17, 15) is 8.42 Å². The second kappa shape index (κ2) is 6.21. The molecule has 0 bridgehead atoms. The number of rotatable bonds is 2. The fourth-order valence-corrected chi connectivity index (χ4v) is 1.06. The van der Waals surface area contributed by atoms with E-state index in [0.29, 0.717) is 0 Å². The van der Waals surface area contributed by atoms with Gasteiger partial charge in [0.05, 0.1) is 5.41 Å². The zero-order valence-electron chi connectivity index (χ0n) is 6.21. The number of hydrogen-bond acceptors (Lipinski definition) is 2. The van der Waals surface area contributed by atoms with Gasteiger partial charge in [0.25, 0.3) is 10.1 Å². The van der Waals surface area contributed by atoms with Gasteiger partial charge in [-0.1, -0.05) is 30.3 Å². The van der Waals surface area contributed by atoms with Crippen molar-refractivity contribution in [2.45, 2.75) is 0 Å². The Morgan fingerprint density at radius 2 is 1.69 bits per heavy atom. The van der Waals surface area contributed by atoms with Gasteiger partial charge in [-0.2, -0.15) is 8.42 Å². The summed E-state index contributed by atoms with van der Waals surface area (Å²) in [5.41, 5.74) is 0.732. The zero-order valence-corrected chi connectivity index (χ0v) is 7.03. The molecule has 13 heavy (non-hydrogen) atoms. The first kappa shape index (κ1) is 13.7. The molecule has 0 saturated heterocycles. The van der Waals surface area contributed by atoms with Crippen molar-refractivity contribution in [3.63, 3.8) is 0 Å². The van der Waals surface area contributed by atoms with Crippen molar-refractivity contribution in [2.75, 3.05) is 0 Å². The van der Waals surface area contributed by atoms with E-state index >= 15 is 0 Å². The van der Waals surface area contributed by atoms with Crippen LogP contribution in [0.1, 0.15) is 5.56 Å². The molecule has 1 N–H and O–H groups in total. The molecule has 0 saturated carbocycles. The predicted octanol–water partition coefficient (Wildman–Crippen LogP) is 0.897. The molecule has 0 fully saturated rings. The Morgan fingerprint density at radius 3 is 2.15 bits per heavy atom. The standard InChI is InChI=1S/C8H8O3S.Rb.H/c9-12(10,11)7-6-8-4-2-1-3-5-8;;/h1-7H,(H,9,10,11);;. The van der Waals surface area contributed by atoms with Gasteiger partial charge in [0.2, 0.25) is 0 Å². The summed E-state index contributed by atoms with van der Waals surface area (Å²) in [5.74, 6) is 0. The summed E-state index contributed by atoms with van der Waals surface area (Å²) < 4.78 is 28.9. The van der Waals surface area contributed by atoms with Crippen LogP contribution in [0.2, 0.25) is 0 Å². The van der Waals surface area contributed by atoms with Gasteiger partial charge in [0.15, 0.2) is 0 Å². The first-order valence-electron chi connectivity index (χ1n) is 3.28. The third kappa shape index (κ3) is 6.71. The fourth-order valence-electron chi connectivity index (χ4n) is 0.729. The molecule has 0 aliphatic carbocycles. The van der Waals surface area contributed by atoms with Gasteiger partial charge in [0, 0.05) is 0 Å². The topological polar surface area (TPSA) is 54.4 Å². The molecule has 0 amide bonds. The predicted molar refractivity (Wildman–Crippen MR) is 54.2 cm³/mol. The van der Waals surface area contributed by atoms with Crippen molar-refractivity contribution in [3.05, 3.63) is 41.3 Å². The monoisotopic (exact) mass is 270 g/mol. The third-order valence-corrected chi connectivity index (χ3v) is 1.71. The molecule has 0 heterocycles. The quantitative estimate of drug-likeness (QED) is 0.813. The molecule has 1 aromatic rings. The van der Waals surface area contributed by atoms with E-state index in [1.165, 1.54) is 6.08 Å². The van der Waals surface area contributed by atoms with Crippen LogP contribution in [0.25, 0.3) is 6.08 Å².